The van der Waals surface area contributed by atoms with Crippen molar-refractivity contribution in [1.29, 1.82) is 0 Å². The number of tetrazole rings is 1. The summed E-state index contributed by atoms with van der Waals surface area (Å²) in [5.41, 5.74) is 6.37. The van der Waals surface area contributed by atoms with Crippen LogP contribution in [-0.4, -0.2) is 38.2 Å². The van der Waals surface area contributed by atoms with Crippen molar-refractivity contribution in [3.8, 4) is 11.4 Å². The van der Waals surface area contributed by atoms with Gasteiger partial charge in [-0.15, -0.1) is 10.2 Å². The van der Waals surface area contributed by atoms with Gasteiger partial charge < -0.3 is 11.1 Å². The maximum absolute atomic E-state index is 12.5. The molecule has 7 heteroatoms. The summed E-state index contributed by atoms with van der Waals surface area (Å²) in [7, 11) is 0. The number of nitrogens with two attached hydrogens (primary N) is 1. The molecule has 2 atom stereocenters. The molecule has 1 heterocycles. The Balaban J connectivity index is 1.71. The van der Waals surface area contributed by atoms with E-state index >= 15 is 0 Å². The van der Waals surface area contributed by atoms with Crippen LogP contribution >= 0.6 is 0 Å². The second kappa shape index (κ2) is 6.08. The number of carbonyl (C=O) groups is 1. The number of amides is 1. The molecule has 0 spiro atoms. The lowest BCUT2D eigenvalue weighted by Gasteiger charge is -2.30. The third-order valence-corrected chi connectivity index (χ3v) is 4.50. The van der Waals surface area contributed by atoms with Gasteiger partial charge in [0.15, 0.2) is 0 Å². The summed E-state index contributed by atoms with van der Waals surface area (Å²) in [5.74, 6) is 0.836. The maximum Gasteiger partial charge on any atom is 0.246 e. The Morgan fingerprint density at radius 3 is 2.74 bits per heavy atom. The van der Waals surface area contributed by atoms with Crippen LogP contribution in [0.3, 0.4) is 0 Å². The summed E-state index contributed by atoms with van der Waals surface area (Å²) in [4.78, 5) is 13.8. The molecule has 0 radical (unpaired) electrons. The van der Waals surface area contributed by atoms with Crippen LogP contribution in [0.1, 0.15) is 32.7 Å². The molecule has 3 rings (SSSR count). The van der Waals surface area contributed by atoms with Crippen LogP contribution in [0.5, 0.6) is 0 Å². The number of nitrogens with one attached hydrogen (secondary N) is 1. The molecule has 7 nitrogen and oxygen atoms in total. The Morgan fingerprint density at radius 1 is 1.43 bits per heavy atom. The minimum Gasteiger partial charge on any atom is -0.347 e. The highest BCUT2D eigenvalue weighted by Gasteiger charge is 2.42. The molecule has 1 aliphatic rings. The van der Waals surface area contributed by atoms with Crippen LogP contribution in [0, 0.1) is 5.92 Å². The molecule has 23 heavy (non-hydrogen) atoms. The molecular formula is C16H22N6O. The number of carbonyl (C=O) groups excluding carboxylic acids is 1. The first kappa shape index (κ1) is 15.6. The van der Waals surface area contributed by atoms with Gasteiger partial charge in [-0.05, 0) is 37.8 Å². The monoisotopic (exact) mass is 314 g/mol. The van der Waals surface area contributed by atoms with E-state index in [0.29, 0.717) is 18.3 Å². The zero-order valence-corrected chi connectivity index (χ0v) is 13.4. The highest BCUT2D eigenvalue weighted by Crippen LogP contribution is 2.39. The van der Waals surface area contributed by atoms with Gasteiger partial charge in [0.05, 0.1) is 5.54 Å². The third kappa shape index (κ3) is 3.24. The third-order valence-electron chi connectivity index (χ3n) is 4.50. The molecule has 1 aromatic carbocycles. The fraction of sp³-hybridized carbons (Fsp3) is 0.500. The number of hydrogen-bond acceptors (Lipinski definition) is 5. The Hall–Kier alpha value is -2.28. The van der Waals surface area contributed by atoms with E-state index in [4.69, 9.17) is 5.73 Å². The molecule has 3 N–H and O–H groups in total. The van der Waals surface area contributed by atoms with Gasteiger partial charge >= 0.3 is 0 Å². The van der Waals surface area contributed by atoms with Crippen molar-refractivity contribution in [1.82, 2.24) is 25.5 Å². The molecule has 0 saturated heterocycles. The van der Waals surface area contributed by atoms with Crippen molar-refractivity contribution < 1.29 is 4.79 Å². The summed E-state index contributed by atoms with van der Waals surface area (Å²) >= 11 is 0. The molecule has 1 saturated carbocycles. The normalized spacial score (nSPS) is 18.2. The van der Waals surface area contributed by atoms with Gasteiger partial charge in [-0.1, -0.05) is 30.3 Å². The van der Waals surface area contributed by atoms with Crippen LogP contribution < -0.4 is 11.1 Å². The minimum atomic E-state index is -0.537. The van der Waals surface area contributed by atoms with Crippen molar-refractivity contribution in [3.05, 3.63) is 30.3 Å². The predicted molar refractivity (Wildman–Crippen MR) is 86.3 cm³/mol. The van der Waals surface area contributed by atoms with E-state index in [0.717, 1.165) is 18.4 Å². The smallest absolute Gasteiger partial charge is 0.246 e. The van der Waals surface area contributed by atoms with Crippen LogP contribution in [0.2, 0.25) is 0 Å². The fourth-order valence-corrected chi connectivity index (χ4v) is 2.62. The first-order chi connectivity index (χ1) is 11.0. The van der Waals surface area contributed by atoms with Gasteiger partial charge in [-0.25, -0.2) is 0 Å². The molecule has 1 aromatic heterocycles. The van der Waals surface area contributed by atoms with Crippen molar-refractivity contribution >= 4 is 5.91 Å². The highest BCUT2D eigenvalue weighted by atomic mass is 16.2. The van der Waals surface area contributed by atoms with Crippen LogP contribution in [0.4, 0.5) is 0 Å². The predicted octanol–water partition coefficient (Wildman–Crippen LogP) is 1.14. The lowest BCUT2D eigenvalue weighted by molar-refractivity contribution is -0.126. The van der Waals surface area contributed by atoms with Crippen molar-refractivity contribution in [2.75, 3.05) is 6.54 Å². The van der Waals surface area contributed by atoms with Crippen LogP contribution in [0.15, 0.2) is 30.3 Å². The number of benzene rings is 1. The van der Waals surface area contributed by atoms with Gasteiger partial charge in [0, 0.05) is 12.1 Å². The topological polar surface area (TPSA) is 98.7 Å². The zero-order valence-electron chi connectivity index (χ0n) is 13.4. The van der Waals surface area contributed by atoms with E-state index in [2.05, 4.69) is 20.7 Å². The molecule has 2 unspecified atom stereocenters. The molecule has 0 bridgehead atoms. The molecule has 1 fully saturated rings. The number of rotatable bonds is 6. The highest BCUT2D eigenvalue weighted by molar-refractivity contribution is 5.80. The largest absolute Gasteiger partial charge is 0.347 e. The summed E-state index contributed by atoms with van der Waals surface area (Å²) in [5, 5.41) is 15.4. The summed E-state index contributed by atoms with van der Waals surface area (Å²) in [6.07, 6.45) is 2.23. The number of nitrogens with zero attached hydrogens (tertiary/aromatic N) is 4. The number of hydrogen-bond donors (Lipinski definition) is 2. The average molecular weight is 314 g/mol. The SMILES string of the molecule is CC(C(=O)NC(C)(CN)C1CC1)n1nnc(-c2ccccc2)n1. The molecular weight excluding hydrogens is 292 g/mol. The number of aromatic nitrogens is 4. The zero-order chi connectivity index (χ0) is 16.4. The van der Waals surface area contributed by atoms with Gasteiger partial charge in [0.1, 0.15) is 6.04 Å². The van der Waals surface area contributed by atoms with E-state index in [-0.39, 0.29) is 11.4 Å². The van der Waals surface area contributed by atoms with E-state index in [9.17, 15) is 4.79 Å². The minimum absolute atomic E-state index is 0.137. The van der Waals surface area contributed by atoms with Gasteiger partial charge in [-0.3, -0.25) is 4.79 Å². The van der Waals surface area contributed by atoms with Crippen molar-refractivity contribution in [2.24, 2.45) is 11.7 Å². The van der Waals surface area contributed by atoms with E-state index < -0.39 is 6.04 Å². The Bertz CT molecular complexity index is 681. The van der Waals surface area contributed by atoms with E-state index in [1.807, 2.05) is 37.3 Å². The molecule has 122 valence electrons. The summed E-state index contributed by atoms with van der Waals surface area (Å²) in [6.45, 7) is 4.19. The molecule has 2 aromatic rings. The summed E-state index contributed by atoms with van der Waals surface area (Å²) in [6, 6.07) is 9.03. The second-order valence-electron chi connectivity index (χ2n) is 6.36. The van der Waals surface area contributed by atoms with Crippen LogP contribution in [0.25, 0.3) is 11.4 Å². The Kier molecular flexibility index (Phi) is 4.12. The Morgan fingerprint density at radius 2 is 2.13 bits per heavy atom. The second-order valence-corrected chi connectivity index (χ2v) is 6.36. The average Bonchev–Trinajstić information content (AvgIpc) is 3.33. The first-order valence-electron chi connectivity index (χ1n) is 7.90. The standard InChI is InChI=1S/C16H22N6O/c1-11(15(23)18-16(2,10-17)13-8-9-13)22-20-14(19-21-22)12-6-4-3-5-7-12/h3-7,11,13H,8-10,17H2,1-2H3,(H,18,23). The fourth-order valence-electron chi connectivity index (χ4n) is 2.62. The van der Waals surface area contributed by atoms with Gasteiger partial charge in [-0.2, -0.15) is 4.80 Å². The first-order valence-corrected chi connectivity index (χ1v) is 7.90. The Labute approximate surface area is 135 Å². The lowest BCUT2D eigenvalue weighted by Crippen LogP contribution is -2.54. The van der Waals surface area contributed by atoms with Gasteiger partial charge in [0.2, 0.25) is 11.7 Å². The molecule has 0 aliphatic heterocycles. The van der Waals surface area contributed by atoms with E-state index in [1.165, 1.54) is 4.80 Å². The van der Waals surface area contributed by atoms with Crippen molar-refractivity contribution in [2.45, 2.75) is 38.3 Å². The quantitative estimate of drug-likeness (QED) is 0.833. The van der Waals surface area contributed by atoms with Crippen molar-refractivity contribution in [3.63, 3.8) is 0 Å². The lowest BCUT2D eigenvalue weighted by atomic mass is 9.95. The molecule has 1 aliphatic carbocycles. The van der Waals surface area contributed by atoms with E-state index in [1.54, 1.807) is 6.92 Å². The van der Waals surface area contributed by atoms with Crippen LogP contribution in [-0.2, 0) is 4.79 Å². The molecule has 1 amide bonds. The maximum atomic E-state index is 12.5. The summed E-state index contributed by atoms with van der Waals surface area (Å²) < 4.78 is 0. The van der Waals surface area contributed by atoms with Gasteiger partial charge in [0.25, 0.3) is 0 Å².